The molecule has 0 aliphatic rings. The number of methoxy groups -OCH3 is 1. The van der Waals surface area contributed by atoms with E-state index in [1.165, 1.54) is 19.2 Å². The van der Waals surface area contributed by atoms with Gasteiger partial charge >= 0.3 is 5.97 Å². The molecule has 2 N–H and O–H groups in total. The second kappa shape index (κ2) is 8.65. The molecule has 0 atom stereocenters. The van der Waals surface area contributed by atoms with Gasteiger partial charge in [0.25, 0.3) is 0 Å². The average Bonchev–Trinajstić information content (AvgIpc) is 2.59. The van der Waals surface area contributed by atoms with Crippen molar-refractivity contribution in [3.63, 3.8) is 0 Å². The monoisotopic (exact) mass is 381 g/mol. The zero-order valence-electron chi connectivity index (χ0n) is 13.5. The summed E-state index contributed by atoms with van der Waals surface area (Å²) in [5.41, 5.74) is 1.51. The molecule has 0 saturated carbocycles. The molecule has 0 aliphatic heterocycles. The molecule has 0 fully saturated rings. The molecule has 0 heterocycles. The van der Waals surface area contributed by atoms with E-state index in [-0.39, 0.29) is 10.6 Å². The molecule has 25 heavy (non-hydrogen) atoms. The summed E-state index contributed by atoms with van der Waals surface area (Å²) in [5.74, 6) is -0.122. The summed E-state index contributed by atoms with van der Waals surface area (Å²) >= 11 is 12.1. The van der Waals surface area contributed by atoms with E-state index in [2.05, 4.69) is 11.9 Å². The van der Waals surface area contributed by atoms with Crippen LogP contribution in [0.3, 0.4) is 0 Å². The average molecular weight is 382 g/mol. The largest absolute Gasteiger partial charge is 0.493 e. The number of nitrogens with one attached hydrogen (secondary N) is 1. The van der Waals surface area contributed by atoms with Gasteiger partial charge in [0.2, 0.25) is 0 Å². The molecule has 0 unspecified atom stereocenters. The van der Waals surface area contributed by atoms with Gasteiger partial charge in [0, 0.05) is 12.2 Å². The molecule has 0 spiro atoms. The summed E-state index contributed by atoms with van der Waals surface area (Å²) in [4.78, 5) is 11.1. The van der Waals surface area contributed by atoms with Crippen LogP contribution >= 0.6 is 23.2 Å². The zero-order valence-corrected chi connectivity index (χ0v) is 15.0. The van der Waals surface area contributed by atoms with E-state index in [0.29, 0.717) is 35.4 Å². The Labute approximate surface area is 155 Å². The number of anilines is 1. The van der Waals surface area contributed by atoms with Crippen LogP contribution in [-0.4, -0.2) is 24.8 Å². The van der Waals surface area contributed by atoms with Gasteiger partial charge in [0.05, 0.1) is 22.7 Å². The van der Waals surface area contributed by atoms with Crippen molar-refractivity contribution in [3.8, 4) is 11.5 Å². The van der Waals surface area contributed by atoms with Crippen LogP contribution in [0.1, 0.15) is 15.9 Å². The molecule has 132 valence electrons. The first-order valence-corrected chi connectivity index (χ1v) is 8.08. The number of hydrogen-bond acceptors (Lipinski definition) is 4. The predicted molar refractivity (Wildman–Crippen MR) is 99.4 cm³/mol. The molecule has 0 aromatic heterocycles. The van der Waals surface area contributed by atoms with Gasteiger partial charge in [-0.05, 0) is 35.9 Å². The second-order valence-corrected chi connectivity index (χ2v) is 5.88. The molecule has 2 rings (SSSR count). The maximum absolute atomic E-state index is 11.1. The van der Waals surface area contributed by atoms with Crippen molar-refractivity contribution in [2.45, 2.75) is 6.54 Å². The van der Waals surface area contributed by atoms with Crippen LogP contribution in [0.4, 0.5) is 5.69 Å². The lowest BCUT2D eigenvalue weighted by molar-refractivity contribution is 0.0697. The highest BCUT2D eigenvalue weighted by atomic mass is 35.5. The highest BCUT2D eigenvalue weighted by Crippen LogP contribution is 2.36. The minimum atomic E-state index is -1.08. The molecule has 0 bridgehead atoms. The minimum absolute atomic E-state index is 0.0375. The SMILES string of the molecule is C=CCOc1c(Cl)cc(CNc2ccc(Cl)c(C(=O)O)c2)cc1OC. The highest BCUT2D eigenvalue weighted by Gasteiger charge is 2.13. The Bertz CT molecular complexity index is 793. The van der Waals surface area contributed by atoms with Crippen LogP contribution in [-0.2, 0) is 6.54 Å². The third kappa shape index (κ3) is 4.81. The number of carboxylic acid groups (broad SMARTS) is 1. The number of aromatic carboxylic acids is 1. The van der Waals surface area contributed by atoms with E-state index < -0.39 is 5.97 Å². The Hall–Kier alpha value is -2.37. The van der Waals surface area contributed by atoms with Crippen LogP contribution in [0.25, 0.3) is 0 Å². The topological polar surface area (TPSA) is 67.8 Å². The quantitative estimate of drug-likeness (QED) is 0.637. The highest BCUT2D eigenvalue weighted by molar-refractivity contribution is 6.33. The summed E-state index contributed by atoms with van der Waals surface area (Å²) in [6.45, 7) is 4.33. The maximum atomic E-state index is 11.1. The summed E-state index contributed by atoms with van der Waals surface area (Å²) in [5, 5.41) is 12.8. The minimum Gasteiger partial charge on any atom is -0.493 e. The van der Waals surface area contributed by atoms with Gasteiger partial charge in [-0.3, -0.25) is 0 Å². The molecule has 2 aromatic rings. The molecule has 2 aromatic carbocycles. The van der Waals surface area contributed by atoms with Gasteiger partial charge in [-0.2, -0.15) is 0 Å². The first kappa shape index (κ1) is 19.0. The van der Waals surface area contributed by atoms with E-state index in [0.717, 1.165) is 5.56 Å². The normalized spacial score (nSPS) is 10.2. The van der Waals surface area contributed by atoms with Gasteiger partial charge in [-0.15, -0.1) is 0 Å². The first-order chi connectivity index (χ1) is 12.0. The third-order valence-corrected chi connectivity index (χ3v) is 3.94. The molecule has 0 aliphatic carbocycles. The van der Waals surface area contributed by atoms with Crippen LogP contribution < -0.4 is 14.8 Å². The molecular weight excluding hydrogens is 365 g/mol. The van der Waals surface area contributed by atoms with Gasteiger partial charge in [-0.1, -0.05) is 35.9 Å². The smallest absolute Gasteiger partial charge is 0.337 e. The Balaban J connectivity index is 2.18. The van der Waals surface area contributed by atoms with Crippen molar-refractivity contribution in [2.75, 3.05) is 19.0 Å². The summed E-state index contributed by atoms with van der Waals surface area (Å²) < 4.78 is 10.8. The van der Waals surface area contributed by atoms with Crippen molar-refractivity contribution in [1.82, 2.24) is 0 Å². The molecule has 7 heteroatoms. The van der Waals surface area contributed by atoms with Crippen molar-refractivity contribution in [3.05, 3.63) is 64.2 Å². The summed E-state index contributed by atoms with van der Waals surface area (Å²) in [7, 11) is 1.53. The van der Waals surface area contributed by atoms with E-state index in [1.54, 1.807) is 24.3 Å². The summed E-state index contributed by atoms with van der Waals surface area (Å²) in [6.07, 6.45) is 1.62. The van der Waals surface area contributed by atoms with E-state index in [1.807, 2.05) is 0 Å². The molecular formula is C18H17Cl2NO4. The van der Waals surface area contributed by atoms with E-state index in [9.17, 15) is 4.79 Å². The van der Waals surface area contributed by atoms with Gasteiger partial charge < -0.3 is 19.9 Å². The van der Waals surface area contributed by atoms with Crippen molar-refractivity contribution in [2.24, 2.45) is 0 Å². The standard InChI is InChI=1S/C18H17Cl2NO4/c1-3-6-25-17-15(20)7-11(8-16(17)24-2)10-21-12-4-5-14(19)13(9-12)18(22)23/h3-5,7-9,21H,1,6,10H2,2H3,(H,22,23). The molecule has 5 nitrogen and oxygen atoms in total. The van der Waals surface area contributed by atoms with Crippen molar-refractivity contribution >= 4 is 34.9 Å². The Morgan fingerprint density at radius 3 is 2.68 bits per heavy atom. The lowest BCUT2D eigenvalue weighted by Crippen LogP contribution is -2.04. The number of rotatable bonds is 8. The maximum Gasteiger partial charge on any atom is 0.337 e. The number of hydrogen-bond donors (Lipinski definition) is 2. The molecule has 0 radical (unpaired) electrons. The molecule has 0 amide bonds. The van der Waals surface area contributed by atoms with Crippen LogP contribution in [0.15, 0.2) is 43.0 Å². The second-order valence-electron chi connectivity index (χ2n) is 5.06. The van der Waals surface area contributed by atoms with E-state index in [4.69, 9.17) is 37.8 Å². The predicted octanol–water partition coefficient (Wildman–Crippen LogP) is 4.88. The number of halogens is 2. The van der Waals surface area contributed by atoms with E-state index >= 15 is 0 Å². The van der Waals surface area contributed by atoms with Crippen LogP contribution in [0, 0.1) is 0 Å². The molecule has 0 saturated heterocycles. The van der Waals surface area contributed by atoms with Crippen LogP contribution in [0.2, 0.25) is 10.0 Å². The van der Waals surface area contributed by atoms with Crippen molar-refractivity contribution in [1.29, 1.82) is 0 Å². The zero-order chi connectivity index (χ0) is 18.4. The Morgan fingerprint density at radius 1 is 1.28 bits per heavy atom. The number of carboxylic acids is 1. The third-order valence-electron chi connectivity index (χ3n) is 3.33. The van der Waals surface area contributed by atoms with Gasteiger partial charge in [0.1, 0.15) is 6.61 Å². The fourth-order valence-electron chi connectivity index (χ4n) is 2.16. The Kier molecular flexibility index (Phi) is 6.56. The van der Waals surface area contributed by atoms with Gasteiger partial charge in [-0.25, -0.2) is 4.79 Å². The fraction of sp³-hybridized carbons (Fsp3) is 0.167. The number of carbonyl (C=O) groups is 1. The lowest BCUT2D eigenvalue weighted by Gasteiger charge is -2.14. The number of benzene rings is 2. The Morgan fingerprint density at radius 2 is 2.04 bits per heavy atom. The van der Waals surface area contributed by atoms with Crippen LogP contribution in [0.5, 0.6) is 11.5 Å². The van der Waals surface area contributed by atoms with Crippen molar-refractivity contribution < 1.29 is 19.4 Å². The fourth-order valence-corrected chi connectivity index (χ4v) is 2.65. The lowest BCUT2D eigenvalue weighted by atomic mass is 10.1. The van der Waals surface area contributed by atoms with Gasteiger partial charge in [0.15, 0.2) is 11.5 Å². The summed E-state index contributed by atoms with van der Waals surface area (Å²) in [6, 6.07) is 8.27. The number of ether oxygens (including phenoxy) is 2. The first-order valence-electron chi connectivity index (χ1n) is 7.33.